The molecule has 0 spiro atoms. The molecule has 156 valence electrons. The maximum Gasteiger partial charge on any atom is 0.285 e. The van der Waals surface area contributed by atoms with Crippen molar-refractivity contribution in [2.75, 3.05) is 11.3 Å². The van der Waals surface area contributed by atoms with Gasteiger partial charge in [0, 0.05) is 10.7 Å². The highest BCUT2D eigenvalue weighted by Crippen LogP contribution is 2.19. The fraction of sp³-hybridized carbons (Fsp3) is 0.150. The third kappa shape index (κ3) is 6.34. The lowest BCUT2D eigenvalue weighted by Gasteiger charge is -2.09. The summed E-state index contributed by atoms with van der Waals surface area (Å²) in [5.74, 6) is -0.697. The molecule has 0 heterocycles. The first-order valence-corrected chi connectivity index (χ1v) is 10.6. The SMILES string of the molecule is CCO/C=C(\C#N)C(=O)N/N=C(\C)c1ccc(NS(=O)(=O)c2ccc(Cl)cc2)cc1. The quantitative estimate of drug-likeness (QED) is 0.211. The van der Waals surface area contributed by atoms with E-state index in [0.29, 0.717) is 28.6 Å². The van der Waals surface area contributed by atoms with Crippen molar-refractivity contribution in [3.8, 4) is 6.07 Å². The molecule has 2 N–H and O–H groups in total. The molecule has 0 fully saturated rings. The summed E-state index contributed by atoms with van der Waals surface area (Å²) in [7, 11) is -3.75. The van der Waals surface area contributed by atoms with Gasteiger partial charge in [0.15, 0.2) is 5.57 Å². The van der Waals surface area contributed by atoms with Crippen molar-refractivity contribution in [1.82, 2.24) is 5.43 Å². The highest BCUT2D eigenvalue weighted by Gasteiger charge is 2.14. The Morgan fingerprint density at radius 2 is 1.83 bits per heavy atom. The molecule has 0 atom stereocenters. The zero-order chi connectivity index (χ0) is 22.1. The predicted octanol–water partition coefficient (Wildman–Crippen LogP) is 3.42. The van der Waals surface area contributed by atoms with Crippen LogP contribution in [0.25, 0.3) is 0 Å². The fourth-order valence-electron chi connectivity index (χ4n) is 2.16. The Morgan fingerprint density at radius 3 is 2.40 bits per heavy atom. The molecule has 0 bridgehead atoms. The van der Waals surface area contributed by atoms with Gasteiger partial charge in [-0.15, -0.1) is 0 Å². The molecular formula is C20H19ClN4O4S. The van der Waals surface area contributed by atoms with E-state index in [1.54, 1.807) is 44.2 Å². The van der Waals surface area contributed by atoms with E-state index in [-0.39, 0.29) is 10.5 Å². The Morgan fingerprint density at radius 1 is 1.20 bits per heavy atom. The Labute approximate surface area is 179 Å². The van der Waals surface area contributed by atoms with Gasteiger partial charge in [0.05, 0.1) is 17.2 Å². The third-order valence-corrected chi connectivity index (χ3v) is 5.39. The zero-order valence-corrected chi connectivity index (χ0v) is 17.8. The van der Waals surface area contributed by atoms with Gasteiger partial charge in [0.25, 0.3) is 15.9 Å². The molecule has 0 aliphatic rings. The lowest BCUT2D eigenvalue weighted by molar-refractivity contribution is -0.117. The lowest BCUT2D eigenvalue weighted by Crippen LogP contribution is -2.21. The molecule has 8 nitrogen and oxygen atoms in total. The first kappa shape index (κ1) is 22.9. The number of rotatable bonds is 8. The summed E-state index contributed by atoms with van der Waals surface area (Å²) in [6.07, 6.45) is 1.07. The molecule has 2 rings (SSSR count). The van der Waals surface area contributed by atoms with Gasteiger partial charge in [-0.05, 0) is 55.8 Å². The average molecular weight is 447 g/mol. The van der Waals surface area contributed by atoms with Crippen molar-refractivity contribution >= 4 is 38.9 Å². The topological polar surface area (TPSA) is 121 Å². The summed E-state index contributed by atoms with van der Waals surface area (Å²) < 4.78 is 32.2. The molecule has 30 heavy (non-hydrogen) atoms. The number of carbonyl (C=O) groups excluding carboxylic acids is 1. The molecule has 0 unspecified atom stereocenters. The van der Waals surface area contributed by atoms with Crippen molar-refractivity contribution < 1.29 is 17.9 Å². The molecular weight excluding hydrogens is 428 g/mol. The van der Waals surface area contributed by atoms with Gasteiger partial charge in [-0.2, -0.15) is 10.4 Å². The number of benzene rings is 2. The minimum Gasteiger partial charge on any atom is -0.500 e. The third-order valence-electron chi connectivity index (χ3n) is 3.74. The van der Waals surface area contributed by atoms with E-state index in [2.05, 4.69) is 15.2 Å². The minimum atomic E-state index is -3.75. The van der Waals surface area contributed by atoms with Gasteiger partial charge in [-0.1, -0.05) is 23.7 Å². The van der Waals surface area contributed by atoms with Crippen molar-refractivity contribution in [3.05, 3.63) is 71.0 Å². The highest BCUT2D eigenvalue weighted by atomic mass is 35.5. The van der Waals surface area contributed by atoms with Gasteiger partial charge in [0.1, 0.15) is 12.3 Å². The number of carbonyl (C=O) groups is 1. The van der Waals surface area contributed by atoms with Gasteiger partial charge in [-0.25, -0.2) is 13.8 Å². The fourth-order valence-corrected chi connectivity index (χ4v) is 3.35. The number of sulfonamides is 1. The van der Waals surface area contributed by atoms with Crippen molar-refractivity contribution in [2.45, 2.75) is 18.7 Å². The number of hydrogen-bond acceptors (Lipinski definition) is 6. The van der Waals surface area contributed by atoms with Crippen LogP contribution < -0.4 is 10.1 Å². The van der Waals surface area contributed by atoms with E-state index in [4.69, 9.17) is 21.6 Å². The molecule has 0 aromatic heterocycles. The van der Waals surface area contributed by atoms with Gasteiger partial charge < -0.3 is 4.74 Å². The number of nitriles is 1. The number of hydrogen-bond donors (Lipinski definition) is 2. The van der Waals surface area contributed by atoms with E-state index in [1.165, 1.54) is 24.3 Å². The second-order valence-corrected chi connectivity index (χ2v) is 7.99. The summed E-state index contributed by atoms with van der Waals surface area (Å²) in [6, 6.07) is 14.0. The van der Waals surface area contributed by atoms with Crippen LogP contribution in [0.1, 0.15) is 19.4 Å². The van der Waals surface area contributed by atoms with E-state index >= 15 is 0 Å². The van der Waals surface area contributed by atoms with Gasteiger partial charge in [0.2, 0.25) is 0 Å². The Kier molecular flexibility index (Phi) is 7.98. The average Bonchev–Trinajstić information content (AvgIpc) is 2.73. The molecule has 0 aliphatic heterocycles. The summed E-state index contributed by atoms with van der Waals surface area (Å²) >= 11 is 5.78. The maximum absolute atomic E-state index is 12.4. The molecule has 0 aliphatic carbocycles. The van der Waals surface area contributed by atoms with Gasteiger partial charge in [-0.3, -0.25) is 9.52 Å². The maximum atomic E-state index is 12.4. The minimum absolute atomic E-state index is 0.0878. The van der Waals surface area contributed by atoms with Crippen molar-refractivity contribution in [1.29, 1.82) is 5.26 Å². The Hall–Kier alpha value is -3.35. The first-order valence-electron chi connectivity index (χ1n) is 8.72. The zero-order valence-electron chi connectivity index (χ0n) is 16.2. The molecule has 10 heteroatoms. The molecule has 0 saturated heterocycles. The van der Waals surface area contributed by atoms with Crippen molar-refractivity contribution in [2.24, 2.45) is 5.10 Å². The lowest BCUT2D eigenvalue weighted by atomic mass is 10.1. The number of hydrazone groups is 1. The number of ether oxygens (including phenoxy) is 1. The van der Waals surface area contributed by atoms with Crippen LogP contribution in [0.2, 0.25) is 5.02 Å². The van der Waals surface area contributed by atoms with Crippen LogP contribution in [0, 0.1) is 11.3 Å². The number of nitrogens with zero attached hydrogens (tertiary/aromatic N) is 2. The van der Waals surface area contributed by atoms with Crippen LogP contribution in [0.5, 0.6) is 0 Å². The molecule has 2 aromatic rings. The van der Waals surface area contributed by atoms with E-state index in [9.17, 15) is 13.2 Å². The van der Waals surface area contributed by atoms with Crippen LogP contribution in [0.3, 0.4) is 0 Å². The van der Waals surface area contributed by atoms with E-state index < -0.39 is 15.9 Å². The van der Waals surface area contributed by atoms with Crippen LogP contribution in [-0.4, -0.2) is 26.6 Å². The number of amides is 1. The molecule has 0 radical (unpaired) electrons. The Bertz CT molecular complexity index is 1100. The standard InChI is InChI=1S/C20H19ClN4O4S/c1-3-29-13-16(12-22)20(26)24-23-14(2)15-4-8-18(9-5-15)25-30(27,28)19-10-6-17(21)7-11-19/h4-11,13,25H,3H2,1-2H3,(H,24,26)/b16-13+,23-14+. The van der Waals surface area contributed by atoms with Crippen molar-refractivity contribution in [3.63, 3.8) is 0 Å². The predicted molar refractivity (Wildman–Crippen MR) is 114 cm³/mol. The van der Waals surface area contributed by atoms with E-state index in [1.807, 2.05) is 0 Å². The molecule has 1 amide bonds. The Balaban J connectivity index is 2.07. The second kappa shape index (κ2) is 10.4. The van der Waals surface area contributed by atoms with Crippen LogP contribution >= 0.6 is 11.6 Å². The number of anilines is 1. The smallest absolute Gasteiger partial charge is 0.285 e. The number of halogens is 1. The molecule has 0 saturated carbocycles. The number of nitrogens with one attached hydrogen (secondary N) is 2. The molecule has 2 aromatic carbocycles. The normalized spacial score (nSPS) is 12.1. The largest absolute Gasteiger partial charge is 0.500 e. The summed E-state index contributed by atoms with van der Waals surface area (Å²) in [4.78, 5) is 12.0. The summed E-state index contributed by atoms with van der Waals surface area (Å²) in [5.41, 5.74) is 3.54. The van der Waals surface area contributed by atoms with Crippen LogP contribution in [0.4, 0.5) is 5.69 Å². The summed E-state index contributed by atoms with van der Waals surface area (Å²) in [5, 5.41) is 13.3. The second-order valence-electron chi connectivity index (χ2n) is 5.87. The van der Waals surface area contributed by atoms with E-state index in [0.717, 1.165) is 6.26 Å². The summed E-state index contributed by atoms with van der Waals surface area (Å²) in [6.45, 7) is 3.71. The monoisotopic (exact) mass is 446 g/mol. The van der Waals surface area contributed by atoms with Crippen LogP contribution in [-0.2, 0) is 19.6 Å². The first-order chi connectivity index (χ1) is 14.3. The van der Waals surface area contributed by atoms with Gasteiger partial charge >= 0.3 is 0 Å². The van der Waals surface area contributed by atoms with Crippen LogP contribution in [0.15, 0.2) is 70.4 Å². The highest BCUT2D eigenvalue weighted by molar-refractivity contribution is 7.92.